The summed E-state index contributed by atoms with van der Waals surface area (Å²) in [5.74, 6) is 0.638. The first-order chi connectivity index (χ1) is 11.2. The average Bonchev–Trinajstić information content (AvgIpc) is 2.59. The highest BCUT2D eigenvalue weighted by Crippen LogP contribution is 2.17. The van der Waals surface area contributed by atoms with Crippen LogP contribution in [-0.4, -0.2) is 31.5 Å². The zero-order valence-corrected chi connectivity index (χ0v) is 14.2. The van der Waals surface area contributed by atoms with E-state index in [-0.39, 0.29) is 12.5 Å². The number of rotatable bonds is 5. The fourth-order valence-electron chi connectivity index (χ4n) is 2.87. The van der Waals surface area contributed by atoms with Gasteiger partial charge in [0.2, 0.25) is 5.91 Å². The second-order valence-electron chi connectivity index (χ2n) is 6.01. The van der Waals surface area contributed by atoms with Crippen LogP contribution in [0.2, 0.25) is 0 Å². The number of nitrogens with zero attached hydrogens (tertiary/aromatic N) is 1. The SMILES string of the molecule is CCc1cccc(NC(=O)CNC(=NC)NC2CCCCC2)c1. The van der Waals surface area contributed by atoms with E-state index in [1.165, 1.54) is 37.7 Å². The first-order valence-electron chi connectivity index (χ1n) is 8.57. The van der Waals surface area contributed by atoms with Gasteiger partial charge in [0.1, 0.15) is 0 Å². The first-order valence-corrected chi connectivity index (χ1v) is 8.57. The Morgan fingerprint density at radius 3 is 2.74 bits per heavy atom. The Labute approximate surface area is 139 Å². The molecule has 0 aromatic heterocycles. The quantitative estimate of drug-likeness (QED) is 0.578. The summed E-state index contributed by atoms with van der Waals surface area (Å²) in [5.41, 5.74) is 2.05. The maximum Gasteiger partial charge on any atom is 0.243 e. The number of amides is 1. The van der Waals surface area contributed by atoms with E-state index in [1.54, 1.807) is 7.05 Å². The molecule has 5 nitrogen and oxygen atoms in total. The molecule has 1 aliphatic rings. The van der Waals surface area contributed by atoms with Crippen LogP contribution in [0.15, 0.2) is 29.3 Å². The van der Waals surface area contributed by atoms with Gasteiger partial charge in [-0.05, 0) is 37.0 Å². The Morgan fingerprint density at radius 2 is 2.04 bits per heavy atom. The molecule has 0 heterocycles. The molecule has 0 unspecified atom stereocenters. The number of carbonyl (C=O) groups is 1. The molecule has 0 radical (unpaired) electrons. The molecule has 2 rings (SSSR count). The van der Waals surface area contributed by atoms with Crippen molar-refractivity contribution in [1.82, 2.24) is 10.6 Å². The molecule has 0 bridgehead atoms. The van der Waals surface area contributed by atoms with Crippen molar-refractivity contribution in [2.45, 2.75) is 51.5 Å². The number of guanidine groups is 1. The lowest BCUT2D eigenvalue weighted by atomic mass is 9.96. The summed E-state index contributed by atoms with van der Waals surface area (Å²) in [4.78, 5) is 16.3. The van der Waals surface area contributed by atoms with E-state index in [4.69, 9.17) is 0 Å². The van der Waals surface area contributed by atoms with Crippen LogP contribution in [0.5, 0.6) is 0 Å². The van der Waals surface area contributed by atoms with Crippen molar-refractivity contribution < 1.29 is 4.79 Å². The lowest BCUT2D eigenvalue weighted by Crippen LogP contribution is -2.46. The van der Waals surface area contributed by atoms with Crippen LogP contribution in [0.4, 0.5) is 5.69 Å². The molecule has 1 aliphatic carbocycles. The van der Waals surface area contributed by atoms with Gasteiger partial charge in [0.15, 0.2) is 5.96 Å². The third-order valence-electron chi connectivity index (χ3n) is 4.20. The lowest BCUT2D eigenvalue weighted by molar-refractivity contribution is -0.115. The lowest BCUT2D eigenvalue weighted by Gasteiger charge is -2.24. The summed E-state index contributed by atoms with van der Waals surface area (Å²) >= 11 is 0. The van der Waals surface area contributed by atoms with Crippen LogP contribution in [0.3, 0.4) is 0 Å². The number of benzene rings is 1. The number of nitrogens with one attached hydrogen (secondary N) is 3. The molecule has 1 aromatic carbocycles. The topological polar surface area (TPSA) is 65.5 Å². The van der Waals surface area contributed by atoms with Gasteiger partial charge in [0.05, 0.1) is 6.54 Å². The third-order valence-corrected chi connectivity index (χ3v) is 4.20. The van der Waals surface area contributed by atoms with Gasteiger partial charge in [0.25, 0.3) is 0 Å². The fraction of sp³-hybridized carbons (Fsp3) is 0.556. The van der Waals surface area contributed by atoms with Crippen LogP contribution in [0, 0.1) is 0 Å². The van der Waals surface area contributed by atoms with Gasteiger partial charge in [-0.2, -0.15) is 0 Å². The minimum absolute atomic E-state index is 0.0650. The fourth-order valence-corrected chi connectivity index (χ4v) is 2.87. The van der Waals surface area contributed by atoms with Crippen molar-refractivity contribution in [3.05, 3.63) is 29.8 Å². The van der Waals surface area contributed by atoms with E-state index < -0.39 is 0 Å². The smallest absolute Gasteiger partial charge is 0.243 e. The molecular formula is C18H28N4O. The molecular weight excluding hydrogens is 288 g/mol. The molecule has 0 spiro atoms. The van der Waals surface area contributed by atoms with Crippen molar-refractivity contribution in [3.63, 3.8) is 0 Å². The largest absolute Gasteiger partial charge is 0.354 e. The number of hydrogen-bond donors (Lipinski definition) is 3. The van der Waals surface area contributed by atoms with Gasteiger partial charge in [-0.3, -0.25) is 9.79 Å². The second kappa shape index (κ2) is 9.18. The van der Waals surface area contributed by atoms with Crippen molar-refractivity contribution in [3.8, 4) is 0 Å². The van der Waals surface area contributed by atoms with Crippen LogP contribution in [-0.2, 0) is 11.2 Å². The molecule has 3 N–H and O–H groups in total. The third kappa shape index (κ3) is 5.93. The molecule has 1 amide bonds. The summed E-state index contributed by atoms with van der Waals surface area (Å²) < 4.78 is 0. The standard InChI is InChI=1S/C18H28N4O/c1-3-14-8-7-11-16(12-14)21-17(23)13-20-18(19-2)22-15-9-5-4-6-10-15/h7-8,11-12,15H,3-6,9-10,13H2,1-2H3,(H,21,23)(H2,19,20,22). The number of anilines is 1. The molecule has 0 saturated heterocycles. The molecule has 0 aliphatic heterocycles. The monoisotopic (exact) mass is 316 g/mol. The van der Waals surface area contributed by atoms with Crippen molar-refractivity contribution in [2.75, 3.05) is 18.9 Å². The average molecular weight is 316 g/mol. The number of aliphatic imine (C=N–C) groups is 1. The predicted octanol–water partition coefficient (Wildman–Crippen LogP) is 2.69. The Balaban J connectivity index is 1.77. The van der Waals surface area contributed by atoms with E-state index in [2.05, 4.69) is 33.9 Å². The molecule has 23 heavy (non-hydrogen) atoms. The maximum absolute atomic E-state index is 12.1. The molecule has 1 fully saturated rings. The van der Waals surface area contributed by atoms with E-state index in [9.17, 15) is 4.79 Å². The molecule has 5 heteroatoms. The molecule has 1 saturated carbocycles. The van der Waals surface area contributed by atoms with Crippen molar-refractivity contribution in [2.24, 2.45) is 4.99 Å². The van der Waals surface area contributed by atoms with Crippen molar-refractivity contribution in [1.29, 1.82) is 0 Å². The maximum atomic E-state index is 12.1. The van der Waals surface area contributed by atoms with Crippen LogP contribution in [0.1, 0.15) is 44.6 Å². The van der Waals surface area contributed by atoms with E-state index in [0.29, 0.717) is 12.0 Å². The minimum atomic E-state index is -0.0650. The van der Waals surface area contributed by atoms with Crippen LogP contribution >= 0.6 is 0 Å². The van der Waals surface area contributed by atoms with Crippen molar-refractivity contribution >= 4 is 17.6 Å². The van der Waals surface area contributed by atoms with E-state index in [1.807, 2.05) is 18.2 Å². The Morgan fingerprint density at radius 1 is 1.26 bits per heavy atom. The van der Waals surface area contributed by atoms with Gasteiger partial charge >= 0.3 is 0 Å². The summed E-state index contributed by atoms with van der Waals surface area (Å²) in [6.45, 7) is 2.31. The zero-order chi connectivity index (χ0) is 16.5. The summed E-state index contributed by atoms with van der Waals surface area (Å²) in [7, 11) is 1.74. The molecule has 126 valence electrons. The van der Waals surface area contributed by atoms with E-state index >= 15 is 0 Å². The highest BCUT2D eigenvalue weighted by molar-refractivity contribution is 5.95. The van der Waals surface area contributed by atoms with Gasteiger partial charge < -0.3 is 16.0 Å². The summed E-state index contributed by atoms with van der Waals surface area (Å²) in [5, 5.41) is 9.41. The van der Waals surface area contributed by atoms with Gasteiger partial charge in [-0.25, -0.2) is 0 Å². The van der Waals surface area contributed by atoms with Gasteiger partial charge in [-0.1, -0.05) is 38.3 Å². The Hall–Kier alpha value is -2.04. The van der Waals surface area contributed by atoms with Crippen LogP contribution in [0.25, 0.3) is 0 Å². The van der Waals surface area contributed by atoms with E-state index in [0.717, 1.165) is 12.1 Å². The predicted molar refractivity (Wildman–Crippen MR) is 95.8 cm³/mol. The highest BCUT2D eigenvalue weighted by atomic mass is 16.1. The molecule has 0 atom stereocenters. The number of carbonyl (C=O) groups excluding carboxylic acids is 1. The Bertz CT molecular complexity index is 536. The minimum Gasteiger partial charge on any atom is -0.354 e. The zero-order valence-electron chi connectivity index (χ0n) is 14.2. The molecule has 1 aromatic rings. The van der Waals surface area contributed by atoms with Crippen LogP contribution < -0.4 is 16.0 Å². The number of aryl methyl sites for hydroxylation is 1. The van der Waals surface area contributed by atoms with Gasteiger partial charge in [-0.15, -0.1) is 0 Å². The second-order valence-corrected chi connectivity index (χ2v) is 6.01. The Kier molecular flexibility index (Phi) is 6.91. The normalized spacial score (nSPS) is 16.0. The summed E-state index contributed by atoms with van der Waals surface area (Å²) in [6, 6.07) is 8.41. The summed E-state index contributed by atoms with van der Waals surface area (Å²) in [6.07, 6.45) is 7.17. The van der Waals surface area contributed by atoms with Gasteiger partial charge in [0, 0.05) is 18.8 Å². The highest BCUT2D eigenvalue weighted by Gasteiger charge is 2.14. The number of hydrogen-bond acceptors (Lipinski definition) is 2. The first kappa shape index (κ1) is 17.3.